The summed E-state index contributed by atoms with van der Waals surface area (Å²) < 4.78 is 21.6. The summed E-state index contributed by atoms with van der Waals surface area (Å²) in [7, 11) is 6.07. The first kappa shape index (κ1) is 25.6. The van der Waals surface area contributed by atoms with E-state index in [1.54, 1.807) is 61.7 Å². The fourth-order valence-corrected chi connectivity index (χ4v) is 3.47. The number of amides is 2. The van der Waals surface area contributed by atoms with Crippen LogP contribution in [0.3, 0.4) is 0 Å². The minimum atomic E-state index is -0.512. The smallest absolute Gasteiger partial charge is 0.273 e. The first-order valence-corrected chi connectivity index (χ1v) is 11.1. The van der Waals surface area contributed by atoms with Gasteiger partial charge in [-0.1, -0.05) is 15.9 Å². The van der Waals surface area contributed by atoms with Crippen LogP contribution in [0.1, 0.15) is 26.3 Å². The van der Waals surface area contributed by atoms with Gasteiger partial charge in [-0.25, -0.2) is 5.43 Å². The molecule has 0 saturated carbocycles. The van der Waals surface area contributed by atoms with Crippen molar-refractivity contribution in [1.82, 2.24) is 5.43 Å². The van der Waals surface area contributed by atoms with Crippen molar-refractivity contribution >= 4 is 39.6 Å². The molecular weight excluding hydrogens is 518 g/mol. The Balaban J connectivity index is 1.79. The Morgan fingerprint density at radius 3 is 2.11 bits per heavy atom. The van der Waals surface area contributed by atoms with Crippen molar-refractivity contribution in [2.75, 3.05) is 33.8 Å². The van der Waals surface area contributed by atoms with E-state index in [1.807, 2.05) is 0 Å². The summed E-state index contributed by atoms with van der Waals surface area (Å²) in [6.45, 7) is 0. The molecule has 0 aliphatic heterocycles. The molecule has 0 unspecified atom stereocenters. The van der Waals surface area contributed by atoms with Crippen molar-refractivity contribution in [1.29, 1.82) is 0 Å². The number of nitrogens with zero attached hydrogens (tertiary/aromatic N) is 1. The summed E-state index contributed by atoms with van der Waals surface area (Å²) in [4.78, 5) is 25.8. The van der Waals surface area contributed by atoms with Gasteiger partial charge in [-0.3, -0.25) is 9.59 Å². The Kier molecular flexibility index (Phi) is 8.69. The van der Waals surface area contributed by atoms with Crippen LogP contribution in [0.5, 0.6) is 23.0 Å². The van der Waals surface area contributed by atoms with Crippen LogP contribution in [0.2, 0.25) is 0 Å². The van der Waals surface area contributed by atoms with Crippen LogP contribution in [0, 0.1) is 0 Å². The van der Waals surface area contributed by atoms with Gasteiger partial charge in [-0.15, -0.1) is 0 Å². The highest BCUT2D eigenvalue weighted by molar-refractivity contribution is 9.10. The fourth-order valence-electron chi connectivity index (χ4n) is 3.11. The van der Waals surface area contributed by atoms with Gasteiger partial charge in [-0.2, -0.15) is 5.10 Å². The number of hydrogen-bond donors (Lipinski definition) is 2. The Labute approximate surface area is 211 Å². The van der Waals surface area contributed by atoms with Gasteiger partial charge < -0.3 is 24.3 Å². The molecule has 10 heteroatoms. The molecule has 9 nitrogen and oxygen atoms in total. The molecule has 3 rings (SSSR count). The highest BCUT2D eigenvalue weighted by Gasteiger charge is 2.16. The van der Waals surface area contributed by atoms with Crippen molar-refractivity contribution in [3.8, 4) is 23.0 Å². The van der Waals surface area contributed by atoms with Crippen molar-refractivity contribution in [2.24, 2.45) is 5.10 Å². The van der Waals surface area contributed by atoms with Crippen LogP contribution < -0.4 is 29.7 Å². The van der Waals surface area contributed by atoms with E-state index in [4.69, 9.17) is 18.9 Å². The third-order valence-electron chi connectivity index (χ3n) is 4.88. The second-order valence-electron chi connectivity index (χ2n) is 7.06. The number of anilines is 1. The van der Waals surface area contributed by atoms with Crippen LogP contribution in [0.4, 0.5) is 5.69 Å². The third-order valence-corrected chi connectivity index (χ3v) is 5.37. The second-order valence-corrected chi connectivity index (χ2v) is 7.97. The van der Waals surface area contributed by atoms with Crippen molar-refractivity contribution in [3.63, 3.8) is 0 Å². The van der Waals surface area contributed by atoms with Gasteiger partial charge in [-0.05, 0) is 54.1 Å². The second kappa shape index (κ2) is 11.9. The van der Waals surface area contributed by atoms with Gasteiger partial charge >= 0.3 is 0 Å². The zero-order valence-electron chi connectivity index (χ0n) is 19.5. The lowest BCUT2D eigenvalue weighted by Crippen LogP contribution is -2.21. The van der Waals surface area contributed by atoms with Gasteiger partial charge in [0.1, 0.15) is 11.5 Å². The lowest BCUT2D eigenvalue weighted by atomic mass is 10.1. The van der Waals surface area contributed by atoms with Crippen molar-refractivity contribution in [3.05, 3.63) is 75.8 Å². The summed E-state index contributed by atoms with van der Waals surface area (Å²) in [6, 6.07) is 14.9. The summed E-state index contributed by atoms with van der Waals surface area (Å²) >= 11 is 3.36. The summed E-state index contributed by atoms with van der Waals surface area (Å²) in [5, 5.41) is 6.78. The van der Waals surface area contributed by atoms with Crippen molar-refractivity contribution < 1.29 is 28.5 Å². The minimum Gasteiger partial charge on any atom is -0.497 e. The summed E-state index contributed by atoms with van der Waals surface area (Å²) in [5.74, 6) is 1.10. The number of methoxy groups -OCH3 is 4. The predicted octanol–water partition coefficient (Wildman–Crippen LogP) is 4.50. The zero-order valence-corrected chi connectivity index (χ0v) is 21.1. The predicted molar refractivity (Wildman–Crippen MR) is 136 cm³/mol. The van der Waals surface area contributed by atoms with E-state index in [2.05, 4.69) is 31.8 Å². The van der Waals surface area contributed by atoms with Gasteiger partial charge in [0.25, 0.3) is 11.8 Å². The number of halogens is 1. The number of rotatable bonds is 9. The topological polar surface area (TPSA) is 107 Å². The van der Waals surface area contributed by atoms with E-state index in [9.17, 15) is 9.59 Å². The minimum absolute atomic E-state index is 0.215. The zero-order chi connectivity index (χ0) is 25.4. The molecule has 0 radical (unpaired) electrons. The molecule has 3 aromatic rings. The molecular formula is C25H24BrN3O6. The quantitative estimate of drug-likeness (QED) is 0.305. The van der Waals surface area contributed by atoms with Crippen LogP contribution in [0.15, 0.2) is 64.2 Å². The molecule has 0 aromatic heterocycles. The SMILES string of the molecule is COc1cc(OC)cc(C(=O)Nc2ccc(Br)cc2C(=O)NN=Cc2ccc(OC)c(OC)c2)c1. The Morgan fingerprint density at radius 1 is 0.800 bits per heavy atom. The molecule has 0 heterocycles. The number of nitrogens with one attached hydrogen (secondary N) is 2. The average Bonchev–Trinajstić information content (AvgIpc) is 2.88. The Morgan fingerprint density at radius 2 is 1.49 bits per heavy atom. The molecule has 0 aliphatic carbocycles. The van der Waals surface area contributed by atoms with E-state index in [-0.39, 0.29) is 5.56 Å². The van der Waals surface area contributed by atoms with E-state index in [1.165, 1.54) is 27.5 Å². The van der Waals surface area contributed by atoms with E-state index in [0.717, 1.165) is 0 Å². The third kappa shape index (κ3) is 6.51. The number of hydrazone groups is 1. The maximum Gasteiger partial charge on any atom is 0.273 e. The highest BCUT2D eigenvalue weighted by atomic mass is 79.9. The van der Waals surface area contributed by atoms with E-state index in [0.29, 0.717) is 44.3 Å². The average molecular weight is 542 g/mol. The summed E-state index contributed by atoms with van der Waals surface area (Å²) in [6.07, 6.45) is 1.47. The molecule has 35 heavy (non-hydrogen) atoms. The molecule has 0 spiro atoms. The summed E-state index contributed by atoms with van der Waals surface area (Å²) in [5.41, 5.74) is 4.00. The lowest BCUT2D eigenvalue weighted by molar-refractivity contribution is 0.0956. The highest BCUT2D eigenvalue weighted by Crippen LogP contribution is 2.27. The number of hydrogen-bond acceptors (Lipinski definition) is 7. The molecule has 0 bridgehead atoms. The first-order valence-electron chi connectivity index (χ1n) is 10.3. The van der Waals surface area contributed by atoms with Crippen LogP contribution in [-0.2, 0) is 0 Å². The van der Waals surface area contributed by atoms with Crippen molar-refractivity contribution in [2.45, 2.75) is 0 Å². The molecule has 3 aromatic carbocycles. The van der Waals surface area contributed by atoms with Gasteiger partial charge in [0.2, 0.25) is 0 Å². The largest absolute Gasteiger partial charge is 0.497 e. The van der Waals surface area contributed by atoms with Crippen LogP contribution in [0.25, 0.3) is 0 Å². The number of carbonyl (C=O) groups is 2. The number of benzene rings is 3. The standard InChI is InChI=1S/C25H24BrN3O6/c1-32-18-10-16(11-19(13-18)33-2)24(30)28-21-7-6-17(26)12-20(21)25(31)29-27-14-15-5-8-22(34-3)23(9-15)35-4/h5-14H,1-4H3,(H,28,30)(H,29,31). The molecule has 0 atom stereocenters. The monoisotopic (exact) mass is 541 g/mol. The van der Waals surface area contributed by atoms with Gasteiger partial charge in [0.15, 0.2) is 11.5 Å². The molecule has 2 N–H and O–H groups in total. The van der Waals surface area contributed by atoms with Crippen LogP contribution in [-0.4, -0.2) is 46.5 Å². The molecule has 0 aliphatic rings. The Bertz CT molecular complexity index is 1240. The maximum atomic E-state index is 12.9. The van der Waals surface area contributed by atoms with E-state index >= 15 is 0 Å². The first-order chi connectivity index (χ1) is 16.9. The number of carbonyl (C=O) groups excluding carboxylic acids is 2. The molecule has 0 fully saturated rings. The maximum absolute atomic E-state index is 12.9. The lowest BCUT2D eigenvalue weighted by Gasteiger charge is -2.12. The molecule has 0 saturated heterocycles. The van der Waals surface area contributed by atoms with E-state index < -0.39 is 11.8 Å². The number of ether oxygens (including phenoxy) is 4. The normalized spacial score (nSPS) is 10.5. The van der Waals surface area contributed by atoms with Crippen LogP contribution >= 0.6 is 15.9 Å². The fraction of sp³-hybridized carbons (Fsp3) is 0.160. The molecule has 182 valence electrons. The molecule has 2 amide bonds. The Hall–Kier alpha value is -4.05. The van der Waals surface area contributed by atoms with Gasteiger partial charge in [0.05, 0.1) is 45.9 Å². The van der Waals surface area contributed by atoms with Gasteiger partial charge in [0, 0.05) is 16.1 Å².